The molecule has 3 N–H and O–H groups in total. The van der Waals surface area contributed by atoms with Crippen molar-refractivity contribution in [3.05, 3.63) is 111 Å². The summed E-state index contributed by atoms with van der Waals surface area (Å²) in [6, 6.07) is 19.7. The van der Waals surface area contributed by atoms with E-state index < -0.39 is 23.5 Å². The number of H-pyrrole nitrogens is 1. The summed E-state index contributed by atoms with van der Waals surface area (Å²) in [5, 5.41) is 15.2. The largest absolute Gasteiger partial charge is 0.481 e. The van der Waals surface area contributed by atoms with Gasteiger partial charge in [0, 0.05) is 11.1 Å². The Balaban J connectivity index is 1.57. The van der Waals surface area contributed by atoms with Crippen molar-refractivity contribution in [3.63, 3.8) is 0 Å². The molecule has 0 aliphatic carbocycles. The van der Waals surface area contributed by atoms with Crippen LogP contribution in [0.4, 0.5) is 4.39 Å². The van der Waals surface area contributed by atoms with Gasteiger partial charge in [-0.3, -0.25) is 19.5 Å². The van der Waals surface area contributed by atoms with Crippen molar-refractivity contribution >= 4 is 23.5 Å². The molecule has 1 atom stereocenters. The van der Waals surface area contributed by atoms with Crippen molar-refractivity contribution in [3.8, 4) is 16.8 Å². The van der Waals surface area contributed by atoms with Gasteiger partial charge in [0.15, 0.2) is 0 Å². The standard InChI is InChI=1S/C25H19ClFN3O4/c26-18-4-2-6-20(12-18)30-23(31)13-22(29-30)25(34)28-21(14-24(32)33)16-9-7-15(8-10-16)17-3-1-5-19(27)11-17/h1-13,21,29H,14H2,(H,28,34)(H,32,33). The summed E-state index contributed by atoms with van der Waals surface area (Å²) in [6.07, 6.45) is -0.371. The molecule has 9 heteroatoms. The Hall–Kier alpha value is -4.17. The molecule has 1 aromatic heterocycles. The van der Waals surface area contributed by atoms with E-state index >= 15 is 0 Å². The summed E-state index contributed by atoms with van der Waals surface area (Å²) in [7, 11) is 0. The molecule has 7 nitrogen and oxygen atoms in total. The van der Waals surface area contributed by atoms with Gasteiger partial charge in [-0.1, -0.05) is 54.1 Å². The fourth-order valence-corrected chi connectivity index (χ4v) is 3.74. The summed E-state index contributed by atoms with van der Waals surface area (Å²) in [5.74, 6) is -2.11. The molecule has 0 fully saturated rings. The number of carboxylic acid groups (broad SMARTS) is 1. The highest BCUT2D eigenvalue weighted by molar-refractivity contribution is 6.30. The van der Waals surface area contributed by atoms with Crippen LogP contribution in [0.1, 0.15) is 28.5 Å². The number of nitrogens with one attached hydrogen (secondary N) is 2. The van der Waals surface area contributed by atoms with E-state index in [0.717, 1.165) is 11.6 Å². The van der Waals surface area contributed by atoms with E-state index in [2.05, 4.69) is 10.4 Å². The number of carbonyl (C=O) groups excluding carboxylic acids is 1. The zero-order valence-electron chi connectivity index (χ0n) is 17.7. The number of amides is 1. The van der Waals surface area contributed by atoms with Gasteiger partial charge in [-0.25, -0.2) is 9.07 Å². The van der Waals surface area contributed by atoms with E-state index in [0.29, 0.717) is 21.8 Å². The SMILES string of the molecule is O=C(O)CC(NC(=O)c1cc(=O)n(-c2cccc(Cl)c2)[nH]1)c1ccc(-c2cccc(F)c2)cc1. The molecule has 0 spiro atoms. The Morgan fingerprint density at radius 1 is 1.00 bits per heavy atom. The van der Waals surface area contributed by atoms with Gasteiger partial charge in [-0.2, -0.15) is 0 Å². The maximum atomic E-state index is 13.5. The number of aliphatic carboxylic acids is 1. The minimum absolute atomic E-state index is 0.0308. The molecule has 1 amide bonds. The second kappa shape index (κ2) is 9.76. The van der Waals surface area contributed by atoms with Crippen molar-refractivity contribution in [2.75, 3.05) is 0 Å². The van der Waals surface area contributed by atoms with Crippen molar-refractivity contribution in [2.45, 2.75) is 12.5 Å². The summed E-state index contributed by atoms with van der Waals surface area (Å²) >= 11 is 5.98. The number of aromatic amines is 1. The molecule has 0 bridgehead atoms. The normalized spacial score (nSPS) is 11.7. The maximum Gasteiger partial charge on any atom is 0.305 e. The fourth-order valence-electron chi connectivity index (χ4n) is 3.56. The van der Waals surface area contributed by atoms with Crippen molar-refractivity contribution in [2.24, 2.45) is 0 Å². The number of rotatable bonds is 7. The summed E-state index contributed by atoms with van der Waals surface area (Å²) in [5.41, 5.74) is 1.91. The molecule has 0 aliphatic heterocycles. The molecule has 4 aromatic rings. The number of carbonyl (C=O) groups is 2. The third-order valence-electron chi connectivity index (χ3n) is 5.19. The maximum absolute atomic E-state index is 13.5. The monoisotopic (exact) mass is 479 g/mol. The fraction of sp³-hybridized carbons (Fsp3) is 0.0800. The lowest BCUT2D eigenvalue weighted by Gasteiger charge is -2.17. The predicted octanol–water partition coefficient (Wildman–Crippen LogP) is 4.57. The smallest absolute Gasteiger partial charge is 0.305 e. The van der Waals surface area contributed by atoms with Crippen molar-refractivity contribution in [1.29, 1.82) is 0 Å². The third kappa shape index (κ3) is 5.24. The predicted molar refractivity (Wildman–Crippen MR) is 126 cm³/mol. The summed E-state index contributed by atoms with van der Waals surface area (Å²) in [4.78, 5) is 36.7. The summed E-state index contributed by atoms with van der Waals surface area (Å²) < 4.78 is 14.7. The van der Waals surface area contributed by atoms with E-state index in [1.165, 1.54) is 16.8 Å². The first-order valence-corrected chi connectivity index (χ1v) is 10.6. The molecular weight excluding hydrogens is 461 g/mol. The Kier molecular flexibility index (Phi) is 6.60. The zero-order valence-corrected chi connectivity index (χ0v) is 18.4. The van der Waals surface area contributed by atoms with Crippen LogP contribution in [-0.2, 0) is 4.79 Å². The van der Waals surface area contributed by atoms with Crippen LogP contribution in [0.25, 0.3) is 16.8 Å². The molecule has 0 aliphatic rings. The van der Waals surface area contributed by atoms with E-state index in [9.17, 15) is 23.9 Å². The molecule has 1 heterocycles. The van der Waals surface area contributed by atoms with Gasteiger partial charge in [-0.05, 0) is 47.0 Å². The molecule has 1 unspecified atom stereocenters. The van der Waals surface area contributed by atoms with E-state index in [1.54, 1.807) is 60.7 Å². The minimum Gasteiger partial charge on any atom is -0.481 e. The van der Waals surface area contributed by atoms with E-state index in [-0.39, 0.29) is 17.9 Å². The van der Waals surface area contributed by atoms with Gasteiger partial charge in [0.25, 0.3) is 11.5 Å². The Morgan fingerprint density at radius 3 is 2.41 bits per heavy atom. The van der Waals surface area contributed by atoms with Crippen molar-refractivity contribution < 1.29 is 19.1 Å². The first-order valence-electron chi connectivity index (χ1n) is 10.3. The molecule has 34 heavy (non-hydrogen) atoms. The van der Waals surface area contributed by atoms with Crippen molar-refractivity contribution in [1.82, 2.24) is 15.1 Å². The first-order chi connectivity index (χ1) is 16.3. The van der Waals surface area contributed by atoms with Gasteiger partial charge in [0.05, 0.1) is 18.2 Å². The highest BCUT2D eigenvalue weighted by Crippen LogP contribution is 2.24. The number of hydrogen-bond acceptors (Lipinski definition) is 3. The number of carboxylic acids is 1. The lowest BCUT2D eigenvalue weighted by molar-refractivity contribution is -0.137. The van der Waals surface area contributed by atoms with Crippen LogP contribution >= 0.6 is 11.6 Å². The number of hydrogen-bond donors (Lipinski definition) is 3. The second-order valence-corrected chi connectivity index (χ2v) is 8.02. The lowest BCUT2D eigenvalue weighted by Crippen LogP contribution is -2.30. The van der Waals surface area contributed by atoms with Crippen LogP contribution in [-0.4, -0.2) is 26.8 Å². The number of halogens is 2. The molecule has 172 valence electrons. The Bertz CT molecular complexity index is 1410. The topological polar surface area (TPSA) is 104 Å². The molecule has 3 aromatic carbocycles. The van der Waals surface area contributed by atoms with Gasteiger partial charge in [0.2, 0.25) is 0 Å². The van der Waals surface area contributed by atoms with Gasteiger partial charge in [0.1, 0.15) is 11.5 Å². The number of benzene rings is 3. The van der Waals surface area contributed by atoms with Crippen LogP contribution in [0.2, 0.25) is 5.02 Å². The average molecular weight is 480 g/mol. The Labute approximate surface area is 198 Å². The van der Waals surface area contributed by atoms with Crippen LogP contribution in [0.5, 0.6) is 0 Å². The quantitative estimate of drug-likeness (QED) is 0.361. The van der Waals surface area contributed by atoms with E-state index in [4.69, 9.17) is 11.6 Å². The lowest BCUT2D eigenvalue weighted by atomic mass is 9.99. The van der Waals surface area contributed by atoms with Crippen LogP contribution < -0.4 is 10.9 Å². The average Bonchev–Trinajstić information content (AvgIpc) is 3.20. The number of aromatic nitrogens is 2. The highest BCUT2D eigenvalue weighted by atomic mass is 35.5. The van der Waals surface area contributed by atoms with Crippen LogP contribution in [0, 0.1) is 5.82 Å². The number of nitrogens with zero attached hydrogens (tertiary/aromatic N) is 1. The molecule has 0 radical (unpaired) electrons. The molecular formula is C25H19ClFN3O4. The first kappa shape index (κ1) is 23.0. The molecule has 4 rings (SSSR count). The van der Waals surface area contributed by atoms with E-state index in [1.807, 2.05) is 0 Å². The summed E-state index contributed by atoms with van der Waals surface area (Å²) in [6.45, 7) is 0. The third-order valence-corrected chi connectivity index (χ3v) is 5.42. The molecule has 0 saturated heterocycles. The minimum atomic E-state index is -1.11. The zero-order chi connectivity index (χ0) is 24.2. The Morgan fingerprint density at radius 2 is 1.74 bits per heavy atom. The van der Waals surface area contributed by atoms with Crippen LogP contribution in [0.15, 0.2) is 83.7 Å². The van der Waals surface area contributed by atoms with Gasteiger partial charge < -0.3 is 10.4 Å². The highest BCUT2D eigenvalue weighted by Gasteiger charge is 2.21. The van der Waals surface area contributed by atoms with Gasteiger partial charge >= 0.3 is 5.97 Å². The molecule has 0 saturated carbocycles. The van der Waals surface area contributed by atoms with Gasteiger partial charge in [-0.15, -0.1) is 0 Å². The van der Waals surface area contributed by atoms with Crippen LogP contribution in [0.3, 0.4) is 0 Å². The second-order valence-electron chi connectivity index (χ2n) is 7.58.